The van der Waals surface area contributed by atoms with Gasteiger partial charge in [0.2, 0.25) is 0 Å². The van der Waals surface area contributed by atoms with E-state index in [-0.39, 0.29) is 0 Å². The Bertz CT molecular complexity index is 559. The number of hydrogen-bond donors (Lipinski definition) is 2. The summed E-state index contributed by atoms with van der Waals surface area (Å²) in [6.07, 6.45) is 5.15. The zero-order valence-electron chi connectivity index (χ0n) is 11.0. The summed E-state index contributed by atoms with van der Waals surface area (Å²) in [4.78, 5) is 0. The largest absolute Gasteiger partial charge is 0.497 e. The van der Waals surface area contributed by atoms with E-state index in [1.807, 2.05) is 24.3 Å². The van der Waals surface area contributed by atoms with Gasteiger partial charge in [-0.1, -0.05) is 34.0 Å². The Hall–Kier alpha value is -1.74. The quantitative estimate of drug-likeness (QED) is 0.651. The van der Waals surface area contributed by atoms with Crippen LogP contribution in [0.4, 0.5) is 0 Å². The first-order valence-corrected chi connectivity index (χ1v) is 6.58. The second-order valence-electron chi connectivity index (χ2n) is 3.80. The first-order valence-electron chi connectivity index (χ1n) is 5.79. The Morgan fingerprint density at radius 1 is 1.05 bits per heavy atom. The minimum absolute atomic E-state index is 0.503. The van der Waals surface area contributed by atoms with E-state index in [9.17, 15) is 0 Å². The standard InChI is InChI=1S/C9H8O.C6H6BBrO2/c1-3-8-4-6-9(10-2)7-5-8;8-6-3-1-5(2-4-6)7(9)10/h1,4-7H,2H3;1-4,9-10H. The molecule has 0 atom stereocenters. The van der Waals surface area contributed by atoms with Crippen LogP contribution in [0.15, 0.2) is 53.0 Å². The smallest absolute Gasteiger partial charge is 0.488 e. The zero-order chi connectivity index (χ0) is 15.0. The maximum absolute atomic E-state index is 8.65. The highest BCUT2D eigenvalue weighted by Gasteiger charge is 2.08. The lowest BCUT2D eigenvalue weighted by Crippen LogP contribution is -2.29. The number of terminal acetylenes is 1. The Morgan fingerprint density at radius 2 is 1.60 bits per heavy atom. The van der Waals surface area contributed by atoms with Crippen LogP contribution in [-0.2, 0) is 0 Å². The van der Waals surface area contributed by atoms with Crippen molar-refractivity contribution in [2.24, 2.45) is 0 Å². The van der Waals surface area contributed by atoms with Gasteiger partial charge in [0.25, 0.3) is 0 Å². The highest BCUT2D eigenvalue weighted by atomic mass is 79.9. The number of hydrogen-bond acceptors (Lipinski definition) is 3. The van der Waals surface area contributed by atoms with Gasteiger partial charge in [0, 0.05) is 10.0 Å². The lowest BCUT2D eigenvalue weighted by molar-refractivity contribution is 0.415. The molecule has 0 amide bonds. The van der Waals surface area contributed by atoms with E-state index < -0.39 is 7.12 Å². The van der Waals surface area contributed by atoms with Crippen molar-refractivity contribution < 1.29 is 14.8 Å². The summed E-state index contributed by atoms with van der Waals surface area (Å²) in [6, 6.07) is 14.2. The summed E-state index contributed by atoms with van der Waals surface area (Å²) in [6.45, 7) is 0. The third kappa shape index (κ3) is 5.49. The number of rotatable bonds is 2. The molecule has 0 aliphatic carbocycles. The van der Waals surface area contributed by atoms with Gasteiger partial charge < -0.3 is 14.8 Å². The normalized spacial score (nSPS) is 8.95. The van der Waals surface area contributed by atoms with E-state index in [0.29, 0.717) is 5.46 Å². The first-order chi connectivity index (χ1) is 9.56. The molecule has 0 aromatic heterocycles. The van der Waals surface area contributed by atoms with Crippen LogP contribution in [0.2, 0.25) is 0 Å². The molecule has 0 spiro atoms. The van der Waals surface area contributed by atoms with Crippen molar-refractivity contribution in [3.8, 4) is 18.1 Å². The Balaban J connectivity index is 0.000000200. The third-order valence-electron chi connectivity index (χ3n) is 2.42. The highest BCUT2D eigenvalue weighted by molar-refractivity contribution is 9.10. The van der Waals surface area contributed by atoms with Crippen molar-refractivity contribution in [3.05, 3.63) is 58.6 Å². The second-order valence-corrected chi connectivity index (χ2v) is 4.71. The Kier molecular flexibility index (Phi) is 6.89. The number of benzene rings is 2. The first kappa shape index (κ1) is 16.3. The molecule has 0 radical (unpaired) electrons. The van der Waals surface area contributed by atoms with Gasteiger partial charge in [-0.15, -0.1) is 6.42 Å². The van der Waals surface area contributed by atoms with Crippen LogP contribution >= 0.6 is 15.9 Å². The van der Waals surface area contributed by atoms with E-state index in [1.165, 1.54) is 0 Å². The molecule has 0 saturated heterocycles. The van der Waals surface area contributed by atoms with Crippen molar-refractivity contribution in [1.82, 2.24) is 0 Å². The molecule has 0 fully saturated rings. The summed E-state index contributed by atoms with van der Waals surface area (Å²) in [7, 11) is 0.262. The fraction of sp³-hybridized carbons (Fsp3) is 0.0667. The van der Waals surface area contributed by atoms with Crippen molar-refractivity contribution in [1.29, 1.82) is 0 Å². The molecule has 0 heterocycles. The van der Waals surface area contributed by atoms with Crippen molar-refractivity contribution in [2.75, 3.05) is 7.11 Å². The lowest BCUT2D eigenvalue weighted by Gasteiger charge is -1.96. The Labute approximate surface area is 127 Å². The topological polar surface area (TPSA) is 49.7 Å². The molecule has 2 aromatic carbocycles. The second kappa shape index (κ2) is 8.44. The Morgan fingerprint density at radius 3 is 2.00 bits per heavy atom. The molecule has 0 unspecified atom stereocenters. The van der Waals surface area contributed by atoms with E-state index in [1.54, 1.807) is 31.4 Å². The van der Waals surface area contributed by atoms with E-state index in [2.05, 4.69) is 21.9 Å². The third-order valence-corrected chi connectivity index (χ3v) is 2.95. The molecule has 0 bridgehead atoms. The van der Waals surface area contributed by atoms with Crippen molar-refractivity contribution in [3.63, 3.8) is 0 Å². The molecule has 3 nitrogen and oxygen atoms in total. The van der Waals surface area contributed by atoms with E-state index >= 15 is 0 Å². The summed E-state index contributed by atoms with van der Waals surface area (Å²) in [5.74, 6) is 3.36. The van der Waals surface area contributed by atoms with Gasteiger partial charge >= 0.3 is 7.12 Å². The van der Waals surface area contributed by atoms with Crippen LogP contribution in [0.5, 0.6) is 5.75 Å². The molecule has 2 aromatic rings. The predicted octanol–water partition coefficient (Wildman–Crippen LogP) is 1.81. The minimum atomic E-state index is -1.37. The molecular formula is C15H14BBrO3. The predicted molar refractivity (Wildman–Crippen MR) is 84.9 cm³/mol. The fourth-order valence-corrected chi connectivity index (χ4v) is 1.59. The van der Waals surface area contributed by atoms with Crippen LogP contribution in [0.3, 0.4) is 0 Å². The van der Waals surface area contributed by atoms with Crippen LogP contribution in [0.1, 0.15) is 5.56 Å². The molecule has 0 aliphatic heterocycles. The molecule has 2 rings (SSSR count). The molecule has 2 N–H and O–H groups in total. The van der Waals surface area contributed by atoms with Crippen molar-refractivity contribution >= 4 is 28.5 Å². The SMILES string of the molecule is C#Cc1ccc(OC)cc1.OB(O)c1ccc(Br)cc1. The van der Waals surface area contributed by atoms with Crippen LogP contribution < -0.4 is 10.2 Å². The van der Waals surface area contributed by atoms with Crippen LogP contribution in [-0.4, -0.2) is 24.3 Å². The summed E-state index contributed by atoms with van der Waals surface area (Å²) in [5.41, 5.74) is 1.38. The maximum Gasteiger partial charge on any atom is 0.488 e. The zero-order valence-corrected chi connectivity index (χ0v) is 12.5. The molecule has 102 valence electrons. The average Bonchev–Trinajstić information content (AvgIpc) is 2.48. The molecular weight excluding hydrogens is 319 g/mol. The maximum atomic E-state index is 8.65. The molecule has 20 heavy (non-hydrogen) atoms. The summed E-state index contributed by atoms with van der Waals surface area (Å²) >= 11 is 3.23. The van der Waals surface area contributed by atoms with Crippen LogP contribution in [0, 0.1) is 12.3 Å². The summed E-state index contributed by atoms with van der Waals surface area (Å²) < 4.78 is 5.87. The highest BCUT2D eigenvalue weighted by Crippen LogP contribution is 2.09. The van der Waals surface area contributed by atoms with Crippen molar-refractivity contribution in [2.45, 2.75) is 0 Å². The molecule has 0 saturated carbocycles. The minimum Gasteiger partial charge on any atom is -0.497 e. The number of halogens is 1. The van der Waals surface area contributed by atoms with E-state index in [0.717, 1.165) is 15.8 Å². The summed E-state index contributed by atoms with van der Waals surface area (Å²) in [5, 5.41) is 17.3. The fourth-order valence-electron chi connectivity index (χ4n) is 1.32. The van der Waals surface area contributed by atoms with Gasteiger partial charge in [-0.3, -0.25) is 0 Å². The van der Waals surface area contributed by atoms with Gasteiger partial charge in [-0.05, 0) is 41.9 Å². The molecule has 5 heteroatoms. The average molecular weight is 333 g/mol. The van der Waals surface area contributed by atoms with Gasteiger partial charge in [0.15, 0.2) is 0 Å². The van der Waals surface area contributed by atoms with E-state index in [4.69, 9.17) is 21.2 Å². The molecule has 0 aliphatic rings. The number of methoxy groups -OCH3 is 1. The van der Waals surface area contributed by atoms with Crippen LogP contribution in [0.25, 0.3) is 0 Å². The van der Waals surface area contributed by atoms with Gasteiger partial charge in [-0.25, -0.2) is 0 Å². The van der Waals surface area contributed by atoms with Gasteiger partial charge in [0.1, 0.15) is 5.75 Å². The number of ether oxygens (including phenoxy) is 1. The van der Waals surface area contributed by atoms with Gasteiger partial charge in [-0.2, -0.15) is 0 Å². The van der Waals surface area contributed by atoms with Gasteiger partial charge in [0.05, 0.1) is 7.11 Å². The lowest BCUT2D eigenvalue weighted by atomic mass is 9.81. The monoisotopic (exact) mass is 332 g/mol.